The first-order valence-corrected chi connectivity index (χ1v) is 9.28. The van der Waals surface area contributed by atoms with Crippen LogP contribution in [0.25, 0.3) is 0 Å². The van der Waals surface area contributed by atoms with Gasteiger partial charge in [0.25, 0.3) is 15.9 Å². The largest absolute Gasteiger partial charge is 0.489 e. The lowest BCUT2D eigenvalue weighted by atomic mass is 10.2. The lowest BCUT2D eigenvalue weighted by molar-refractivity contribution is 0.0957. The van der Waals surface area contributed by atoms with E-state index in [0.29, 0.717) is 10.5 Å². The molecule has 3 rings (SSSR count). The number of benzene rings is 2. The minimum absolute atomic E-state index is 0.0341. The second kappa shape index (κ2) is 6.60. The van der Waals surface area contributed by atoms with E-state index < -0.39 is 33.3 Å². The molecule has 10 heteroatoms. The number of fused-ring (bicyclic) bond motifs is 1. The highest BCUT2D eigenvalue weighted by atomic mass is 79.9. The Hall–Kier alpha value is -2.20. The molecule has 1 aliphatic rings. The minimum atomic E-state index is -4.30. The quantitative estimate of drug-likeness (QED) is 0.780. The Labute approximate surface area is 150 Å². The van der Waals surface area contributed by atoms with E-state index in [-0.39, 0.29) is 29.4 Å². The van der Waals surface area contributed by atoms with Crippen molar-refractivity contribution in [2.24, 2.45) is 0 Å². The molecule has 0 unspecified atom stereocenters. The van der Waals surface area contributed by atoms with E-state index in [1.165, 1.54) is 12.1 Å². The molecule has 1 aliphatic heterocycles. The summed E-state index contributed by atoms with van der Waals surface area (Å²) in [4.78, 5) is 11.7. The van der Waals surface area contributed by atoms with Gasteiger partial charge in [-0.25, -0.2) is 17.2 Å². The number of ether oxygens (including phenoxy) is 1. The van der Waals surface area contributed by atoms with Crippen molar-refractivity contribution in [2.75, 3.05) is 17.9 Å². The Morgan fingerprint density at radius 3 is 2.68 bits per heavy atom. The molecule has 0 aromatic heterocycles. The van der Waals surface area contributed by atoms with Crippen LogP contribution >= 0.6 is 15.9 Å². The SMILES string of the molecule is O=C1NCCOc2c1cc(Br)cc2S(=O)(=O)Nc1ccc(F)cc1F. The van der Waals surface area contributed by atoms with Crippen LogP contribution in [0.4, 0.5) is 14.5 Å². The number of anilines is 1. The number of hydrogen-bond donors (Lipinski definition) is 2. The maximum absolute atomic E-state index is 13.8. The molecule has 0 saturated carbocycles. The number of amides is 1. The predicted octanol–water partition coefficient (Wildman–Crippen LogP) is 2.65. The zero-order valence-corrected chi connectivity index (χ0v) is 14.9. The van der Waals surface area contributed by atoms with E-state index in [9.17, 15) is 22.0 Å². The van der Waals surface area contributed by atoms with Crippen molar-refractivity contribution in [3.8, 4) is 5.75 Å². The molecule has 2 aromatic carbocycles. The van der Waals surface area contributed by atoms with Crippen molar-refractivity contribution in [3.63, 3.8) is 0 Å². The maximum atomic E-state index is 13.8. The van der Waals surface area contributed by atoms with Gasteiger partial charge in [-0.3, -0.25) is 9.52 Å². The van der Waals surface area contributed by atoms with Crippen molar-refractivity contribution in [1.29, 1.82) is 0 Å². The van der Waals surface area contributed by atoms with E-state index in [2.05, 4.69) is 21.2 Å². The van der Waals surface area contributed by atoms with Crippen molar-refractivity contribution < 1.29 is 26.7 Å². The number of sulfonamides is 1. The first kappa shape index (κ1) is 17.6. The van der Waals surface area contributed by atoms with Gasteiger partial charge in [-0.15, -0.1) is 0 Å². The molecule has 0 fully saturated rings. The van der Waals surface area contributed by atoms with Gasteiger partial charge in [-0.05, 0) is 24.3 Å². The zero-order valence-electron chi connectivity index (χ0n) is 12.5. The van der Waals surface area contributed by atoms with Gasteiger partial charge in [-0.2, -0.15) is 0 Å². The van der Waals surface area contributed by atoms with Gasteiger partial charge in [-0.1, -0.05) is 15.9 Å². The molecule has 0 bridgehead atoms. The molecule has 6 nitrogen and oxygen atoms in total. The van der Waals surface area contributed by atoms with Crippen LogP contribution in [0, 0.1) is 11.6 Å². The van der Waals surface area contributed by atoms with Crippen molar-refractivity contribution >= 4 is 37.5 Å². The van der Waals surface area contributed by atoms with Gasteiger partial charge < -0.3 is 10.1 Å². The lowest BCUT2D eigenvalue weighted by Gasteiger charge is -2.15. The van der Waals surface area contributed by atoms with E-state index in [0.717, 1.165) is 12.1 Å². The smallest absolute Gasteiger partial charge is 0.265 e. The lowest BCUT2D eigenvalue weighted by Crippen LogP contribution is -2.24. The highest BCUT2D eigenvalue weighted by molar-refractivity contribution is 9.10. The maximum Gasteiger partial charge on any atom is 0.265 e. The number of halogens is 3. The van der Waals surface area contributed by atoms with Crippen LogP contribution < -0.4 is 14.8 Å². The van der Waals surface area contributed by atoms with Crippen LogP contribution in [0.2, 0.25) is 0 Å². The average molecular weight is 433 g/mol. The predicted molar refractivity (Wildman–Crippen MR) is 89.1 cm³/mol. The number of hydrogen-bond acceptors (Lipinski definition) is 4. The summed E-state index contributed by atoms with van der Waals surface area (Å²) in [6.45, 7) is 0.290. The Bertz CT molecular complexity index is 966. The second-order valence-corrected chi connectivity index (χ2v) is 7.68. The molecule has 1 heterocycles. The summed E-state index contributed by atoms with van der Waals surface area (Å²) in [5, 5.41) is 2.57. The molecule has 0 aliphatic carbocycles. The Morgan fingerprint density at radius 1 is 1.20 bits per heavy atom. The highest BCUT2D eigenvalue weighted by Gasteiger charge is 2.28. The minimum Gasteiger partial charge on any atom is -0.489 e. The van der Waals surface area contributed by atoms with Crippen molar-refractivity contribution in [3.05, 3.63) is 52.0 Å². The molecule has 0 saturated heterocycles. The number of rotatable bonds is 3. The van der Waals surface area contributed by atoms with E-state index in [1.807, 2.05) is 4.72 Å². The first-order valence-electron chi connectivity index (χ1n) is 7.00. The van der Waals surface area contributed by atoms with E-state index in [4.69, 9.17) is 4.74 Å². The molecular weight excluding hydrogens is 422 g/mol. The van der Waals surface area contributed by atoms with Gasteiger partial charge in [0.05, 0.1) is 17.8 Å². The zero-order chi connectivity index (χ0) is 18.2. The third-order valence-electron chi connectivity index (χ3n) is 3.36. The fourth-order valence-electron chi connectivity index (χ4n) is 2.27. The Balaban J connectivity index is 2.10. The van der Waals surface area contributed by atoms with Crippen LogP contribution in [0.5, 0.6) is 5.75 Å². The summed E-state index contributed by atoms with van der Waals surface area (Å²) < 4.78 is 59.9. The summed E-state index contributed by atoms with van der Waals surface area (Å²) in [5.74, 6) is -2.52. The Kier molecular flexibility index (Phi) is 4.65. The summed E-state index contributed by atoms with van der Waals surface area (Å²) >= 11 is 3.14. The number of carbonyl (C=O) groups excluding carboxylic acids is 1. The molecule has 0 atom stereocenters. The van der Waals surface area contributed by atoms with Crippen molar-refractivity contribution in [2.45, 2.75) is 4.90 Å². The molecule has 2 N–H and O–H groups in total. The van der Waals surface area contributed by atoms with Crippen molar-refractivity contribution in [1.82, 2.24) is 5.32 Å². The van der Waals surface area contributed by atoms with Crippen LogP contribution in [0.3, 0.4) is 0 Å². The molecular formula is C15H11BrF2N2O4S. The third-order valence-corrected chi connectivity index (χ3v) is 5.19. The molecule has 25 heavy (non-hydrogen) atoms. The first-order chi connectivity index (χ1) is 11.8. The summed E-state index contributed by atoms with van der Waals surface area (Å²) in [6.07, 6.45) is 0. The summed E-state index contributed by atoms with van der Waals surface area (Å²) in [7, 11) is -4.30. The fourth-order valence-corrected chi connectivity index (χ4v) is 4.14. The van der Waals surface area contributed by atoms with Crippen LogP contribution in [0.1, 0.15) is 10.4 Å². The molecule has 0 spiro atoms. The molecule has 1 amide bonds. The number of carbonyl (C=O) groups is 1. The molecule has 132 valence electrons. The van der Waals surface area contributed by atoms with Gasteiger partial charge in [0.15, 0.2) is 5.75 Å². The molecule has 0 radical (unpaired) electrons. The highest BCUT2D eigenvalue weighted by Crippen LogP contribution is 2.34. The monoisotopic (exact) mass is 432 g/mol. The van der Waals surface area contributed by atoms with Gasteiger partial charge in [0.1, 0.15) is 23.1 Å². The summed E-state index contributed by atoms with van der Waals surface area (Å²) in [6, 6.07) is 5.11. The fraction of sp³-hybridized carbons (Fsp3) is 0.133. The summed E-state index contributed by atoms with van der Waals surface area (Å²) in [5.41, 5.74) is -0.389. The van der Waals surface area contributed by atoms with E-state index >= 15 is 0 Å². The second-order valence-electron chi connectivity index (χ2n) is 5.11. The van der Waals surface area contributed by atoms with Gasteiger partial charge in [0, 0.05) is 10.5 Å². The third kappa shape index (κ3) is 3.59. The normalized spacial score (nSPS) is 14.1. The topological polar surface area (TPSA) is 84.5 Å². The van der Waals surface area contributed by atoms with Crippen LogP contribution in [0.15, 0.2) is 39.7 Å². The average Bonchev–Trinajstić information content (AvgIpc) is 2.71. The van der Waals surface area contributed by atoms with Gasteiger partial charge >= 0.3 is 0 Å². The van der Waals surface area contributed by atoms with E-state index in [1.54, 1.807) is 0 Å². The van der Waals surface area contributed by atoms with Gasteiger partial charge in [0.2, 0.25) is 0 Å². The van der Waals surface area contributed by atoms with Crippen LogP contribution in [-0.4, -0.2) is 27.5 Å². The van der Waals surface area contributed by atoms with Crippen LogP contribution in [-0.2, 0) is 10.0 Å². The molecule has 2 aromatic rings. The Morgan fingerprint density at radius 2 is 1.96 bits per heavy atom. The number of nitrogens with one attached hydrogen (secondary N) is 2. The standard InChI is InChI=1S/C15H11BrF2N2O4S/c16-8-5-10-14(24-4-3-19-15(10)21)13(6-8)25(22,23)20-12-2-1-9(17)7-11(12)18/h1-2,5-7,20H,3-4H2,(H,19,21).